The van der Waals surface area contributed by atoms with Crippen LogP contribution in [0.4, 0.5) is 0 Å². The number of amides is 1. The Bertz CT molecular complexity index is 696. The number of nitrogens with zero attached hydrogens (tertiary/aromatic N) is 2. The molecule has 6 nitrogen and oxygen atoms in total. The molecular weight excluding hydrogens is 292 g/mol. The number of aromatic amines is 1. The number of carbonyl (C=O) groups excluding carboxylic acids is 1. The van der Waals surface area contributed by atoms with Crippen LogP contribution in [0.1, 0.15) is 36.1 Å². The van der Waals surface area contributed by atoms with Gasteiger partial charge in [0.2, 0.25) is 11.8 Å². The largest absolute Gasteiger partial charge is 0.478 e. The Hall–Kier alpha value is -2.37. The SMILES string of the molecule is CCOc1cc(CNC(=O)[C@@H]2CCc3nc(C)[nH]c3C2)ccn1. The van der Waals surface area contributed by atoms with Gasteiger partial charge in [0.15, 0.2) is 0 Å². The van der Waals surface area contributed by atoms with Crippen molar-refractivity contribution in [3.05, 3.63) is 41.1 Å². The van der Waals surface area contributed by atoms with Gasteiger partial charge in [-0.15, -0.1) is 0 Å². The number of imidazole rings is 1. The highest BCUT2D eigenvalue weighted by atomic mass is 16.5. The molecule has 0 bridgehead atoms. The van der Waals surface area contributed by atoms with Crippen LogP contribution in [-0.2, 0) is 24.2 Å². The Kier molecular flexibility index (Phi) is 4.60. The third-order valence-electron chi connectivity index (χ3n) is 4.09. The van der Waals surface area contributed by atoms with Gasteiger partial charge >= 0.3 is 0 Å². The maximum absolute atomic E-state index is 12.4. The average Bonchev–Trinajstić information content (AvgIpc) is 2.92. The smallest absolute Gasteiger partial charge is 0.223 e. The van der Waals surface area contributed by atoms with Crippen LogP contribution in [0, 0.1) is 12.8 Å². The van der Waals surface area contributed by atoms with E-state index < -0.39 is 0 Å². The number of hydrogen-bond acceptors (Lipinski definition) is 4. The summed E-state index contributed by atoms with van der Waals surface area (Å²) in [5.74, 6) is 1.62. The third-order valence-corrected chi connectivity index (χ3v) is 4.09. The summed E-state index contributed by atoms with van der Waals surface area (Å²) in [5.41, 5.74) is 3.21. The van der Waals surface area contributed by atoms with E-state index in [1.54, 1.807) is 6.20 Å². The highest BCUT2D eigenvalue weighted by Gasteiger charge is 2.26. The van der Waals surface area contributed by atoms with E-state index in [0.717, 1.165) is 42.0 Å². The molecule has 1 atom stereocenters. The van der Waals surface area contributed by atoms with Crippen LogP contribution in [-0.4, -0.2) is 27.5 Å². The normalized spacial score (nSPS) is 16.7. The Labute approximate surface area is 135 Å². The van der Waals surface area contributed by atoms with Gasteiger partial charge in [0, 0.05) is 36.8 Å². The number of rotatable bonds is 5. The van der Waals surface area contributed by atoms with Gasteiger partial charge < -0.3 is 15.0 Å². The summed E-state index contributed by atoms with van der Waals surface area (Å²) in [6, 6.07) is 3.75. The van der Waals surface area contributed by atoms with Crippen molar-refractivity contribution in [2.75, 3.05) is 6.61 Å². The van der Waals surface area contributed by atoms with Crippen LogP contribution >= 0.6 is 0 Å². The predicted molar refractivity (Wildman–Crippen MR) is 86.1 cm³/mol. The van der Waals surface area contributed by atoms with E-state index in [2.05, 4.69) is 20.3 Å². The van der Waals surface area contributed by atoms with E-state index in [1.807, 2.05) is 26.0 Å². The van der Waals surface area contributed by atoms with Gasteiger partial charge in [-0.05, 0) is 38.3 Å². The molecule has 23 heavy (non-hydrogen) atoms. The number of aromatic nitrogens is 3. The van der Waals surface area contributed by atoms with Gasteiger partial charge in [-0.25, -0.2) is 9.97 Å². The van der Waals surface area contributed by atoms with E-state index in [4.69, 9.17) is 4.74 Å². The predicted octanol–water partition coefficient (Wildman–Crippen LogP) is 1.93. The molecule has 6 heteroatoms. The lowest BCUT2D eigenvalue weighted by Gasteiger charge is -2.20. The minimum atomic E-state index is 0.00977. The molecule has 0 unspecified atom stereocenters. The number of fused-ring (bicyclic) bond motifs is 1. The Morgan fingerprint density at radius 2 is 2.39 bits per heavy atom. The van der Waals surface area contributed by atoms with E-state index >= 15 is 0 Å². The molecule has 0 aromatic carbocycles. The average molecular weight is 314 g/mol. The topological polar surface area (TPSA) is 79.9 Å². The van der Waals surface area contributed by atoms with Crippen molar-refractivity contribution in [1.29, 1.82) is 0 Å². The Morgan fingerprint density at radius 1 is 1.52 bits per heavy atom. The second-order valence-corrected chi connectivity index (χ2v) is 5.84. The zero-order chi connectivity index (χ0) is 16.2. The second kappa shape index (κ2) is 6.81. The molecule has 2 aromatic heterocycles. The van der Waals surface area contributed by atoms with Crippen molar-refractivity contribution in [2.45, 2.75) is 39.7 Å². The molecule has 1 aliphatic rings. The number of pyridine rings is 1. The van der Waals surface area contributed by atoms with Gasteiger partial charge in [0.05, 0.1) is 12.3 Å². The third kappa shape index (κ3) is 3.70. The van der Waals surface area contributed by atoms with Crippen LogP contribution in [0.2, 0.25) is 0 Å². The summed E-state index contributed by atoms with van der Waals surface area (Å²) in [6.07, 6.45) is 4.15. The van der Waals surface area contributed by atoms with Crippen molar-refractivity contribution in [1.82, 2.24) is 20.3 Å². The van der Waals surface area contributed by atoms with Crippen molar-refractivity contribution in [2.24, 2.45) is 5.92 Å². The number of H-pyrrole nitrogens is 1. The lowest BCUT2D eigenvalue weighted by atomic mass is 9.89. The molecular formula is C17H22N4O2. The molecule has 1 amide bonds. The van der Waals surface area contributed by atoms with Gasteiger partial charge in [0.25, 0.3) is 0 Å². The number of carbonyl (C=O) groups is 1. The molecule has 0 spiro atoms. The van der Waals surface area contributed by atoms with Crippen LogP contribution < -0.4 is 10.1 Å². The molecule has 0 fully saturated rings. The molecule has 2 heterocycles. The Balaban J connectivity index is 1.57. The molecule has 3 rings (SSSR count). The van der Waals surface area contributed by atoms with Crippen LogP contribution in [0.15, 0.2) is 18.3 Å². The van der Waals surface area contributed by atoms with Crippen LogP contribution in [0.3, 0.4) is 0 Å². The van der Waals surface area contributed by atoms with E-state index in [0.29, 0.717) is 19.0 Å². The second-order valence-electron chi connectivity index (χ2n) is 5.84. The zero-order valence-corrected chi connectivity index (χ0v) is 13.6. The summed E-state index contributed by atoms with van der Waals surface area (Å²) in [7, 11) is 0. The molecule has 0 saturated heterocycles. The number of ether oxygens (including phenoxy) is 1. The monoisotopic (exact) mass is 314 g/mol. The fraction of sp³-hybridized carbons (Fsp3) is 0.471. The maximum Gasteiger partial charge on any atom is 0.223 e. The van der Waals surface area contributed by atoms with E-state index in [1.165, 1.54) is 0 Å². The summed E-state index contributed by atoms with van der Waals surface area (Å²) in [5, 5.41) is 3.02. The molecule has 2 N–H and O–H groups in total. The molecule has 1 aliphatic carbocycles. The Morgan fingerprint density at radius 3 is 3.22 bits per heavy atom. The van der Waals surface area contributed by atoms with Crippen molar-refractivity contribution < 1.29 is 9.53 Å². The molecule has 0 radical (unpaired) electrons. The lowest BCUT2D eigenvalue weighted by molar-refractivity contribution is -0.125. The summed E-state index contributed by atoms with van der Waals surface area (Å²) >= 11 is 0. The van der Waals surface area contributed by atoms with Crippen molar-refractivity contribution >= 4 is 5.91 Å². The van der Waals surface area contributed by atoms with E-state index in [9.17, 15) is 4.79 Å². The summed E-state index contributed by atoms with van der Waals surface area (Å²) in [6.45, 7) is 4.95. The number of nitrogens with one attached hydrogen (secondary N) is 2. The first-order valence-corrected chi connectivity index (χ1v) is 8.05. The maximum atomic E-state index is 12.4. The first-order chi connectivity index (χ1) is 11.2. The summed E-state index contributed by atoms with van der Waals surface area (Å²) < 4.78 is 5.38. The van der Waals surface area contributed by atoms with Gasteiger partial charge in [0.1, 0.15) is 5.82 Å². The molecule has 0 saturated carbocycles. The molecule has 2 aromatic rings. The van der Waals surface area contributed by atoms with E-state index in [-0.39, 0.29) is 11.8 Å². The van der Waals surface area contributed by atoms with Crippen LogP contribution in [0.5, 0.6) is 5.88 Å². The quantitative estimate of drug-likeness (QED) is 0.884. The standard InChI is InChI=1S/C17H22N4O2/c1-3-23-16-8-12(6-7-18-16)10-19-17(22)13-4-5-14-15(9-13)21-11(2)20-14/h6-8,13H,3-5,9-10H2,1-2H3,(H,19,22)(H,20,21)/t13-/m1/s1. The zero-order valence-electron chi connectivity index (χ0n) is 13.6. The summed E-state index contributed by atoms with van der Waals surface area (Å²) in [4.78, 5) is 24.3. The van der Waals surface area contributed by atoms with Crippen LogP contribution in [0.25, 0.3) is 0 Å². The number of hydrogen-bond donors (Lipinski definition) is 2. The van der Waals surface area contributed by atoms with Crippen molar-refractivity contribution in [3.8, 4) is 5.88 Å². The molecule has 122 valence electrons. The number of aryl methyl sites for hydroxylation is 2. The molecule has 0 aliphatic heterocycles. The first-order valence-electron chi connectivity index (χ1n) is 8.05. The minimum absolute atomic E-state index is 0.00977. The minimum Gasteiger partial charge on any atom is -0.478 e. The van der Waals surface area contributed by atoms with Gasteiger partial charge in [-0.3, -0.25) is 4.79 Å². The highest BCUT2D eigenvalue weighted by molar-refractivity contribution is 5.79. The fourth-order valence-electron chi connectivity index (χ4n) is 2.97. The highest BCUT2D eigenvalue weighted by Crippen LogP contribution is 2.24. The lowest BCUT2D eigenvalue weighted by Crippen LogP contribution is -2.33. The first kappa shape index (κ1) is 15.5. The fourth-order valence-corrected chi connectivity index (χ4v) is 2.97. The van der Waals surface area contributed by atoms with Gasteiger partial charge in [-0.2, -0.15) is 0 Å². The van der Waals surface area contributed by atoms with Gasteiger partial charge in [-0.1, -0.05) is 0 Å². The van der Waals surface area contributed by atoms with Crippen molar-refractivity contribution in [3.63, 3.8) is 0 Å².